The fraction of sp³-hybridized carbons (Fsp3) is 0.778. The van der Waals surface area contributed by atoms with E-state index in [1.165, 1.54) is 0 Å². The Kier molecular flexibility index (Phi) is 3.30. The van der Waals surface area contributed by atoms with Gasteiger partial charge in [-0.05, 0) is 13.8 Å². The number of rotatable bonds is 4. The monoisotopic (exact) mass is 234 g/mol. The van der Waals surface area contributed by atoms with Crippen LogP contribution in [-0.2, 0) is 14.3 Å². The highest BCUT2D eigenvalue weighted by Gasteiger charge is 2.27. The predicted octanol–water partition coefficient (Wildman–Crippen LogP) is 0.417. The van der Waals surface area contributed by atoms with Gasteiger partial charge in [-0.15, -0.1) is 0 Å². The van der Waals surface area contributed by atoms with E-state index in [4.69, 9.17) is 4.18 Å². The van der Waals surface area contributed by atoms with E-state index >= 15 is 0 Å². The van der Waals surface area contributed by atoms with Crippen molar-refractivity contribution in [2.45, 2.75) is 19.4 Å². The zero-order valence-corrected chi connectivity index (χ0v) is 10.4. The van der Waals surface area contributed by atoms with E-state index in [1.54, 1.807) is 13.8 Å². The molecular formula is C9H18N2O3S. The van der Waals surface area contributed by atoms with E-state index in [-0.39, 0.29) is 0 Å². The maximum absolute atomic E-state index is 11.0. The van der Waals surface area contributed by atoms with E-state index in [2.05, 4.69) is 0 Å². The lowest BCUT2D eigenvalue weighted by atomic mass is 10.1. The summed E-state index contributed by atoms with van der Waals surface area (Å²) in [5.41, 5.74) is -0.705. The van der Waals surface area contributed by atoms with Gasteiger partial charge in [0.15, 0.2) is 0 Å². The van der Waals surface area contributed by atoms with E-state index in [0.29, 0.717) is 6.54 Å². The number of hydrogen-bond donors (Lipinski definition) is 0. The molecule has 0 atom stereocenters. The Labute approximate surface area is 91.4 Å². The molecule has 1 aliphatic rings. The normalized spacial score (nSPS) is 17.6. The van der Waals surface area contributed by atoms with Gasteiger partial charge in [-0.25, -0.2) is 0 Å². The Morgan fingerprint density at radius 1 is 1.40 bits per heavy atom. The van der Waals surface area contributed by atoms with Crippen molar-refractivity contribution >= 4 is 10.1 Å². The van der Waals surface area contributed by atoms with Crippen LogP contribution in [0.25, 0.3) is 0 Å². The van der Waals surface area contributed by atoms with Crippen LogP contribution >= 0.6 is 0 Å². The fourth-order valence-corrected chi connectivity index (χ4v) is 2.49. The molecule has 6 heteroatoms. The molecule has 88 valence electrons. The summed E-state index contributed by atoms with van der Waals surface area (Å²) < 4.78 is 27.0. The van der Waals surface area contributed by atoms with Crippen LogP contribution in [0.1, 0.15) is 13.8 Å². The van der Waals surface area contributed by atoms with Crippen LogP contribution in [0.3, 0.4) is 0 Å². The number of nitrogens with zero attached hydrogens (tertiary/aromatic N) is 2. The van der Waals surface area contributed by atoms with Crippen molar-refractivity contribution in [1.29, 1.82) is 0 Å². The van der Waals surface area contributed by atoms with Gasteiger partial charge in [0.25, 0.3) is 10.1 Å². The average Bonchev–Trinajstić information content (AvgIpc) is 2.27. The third kappa shape index (κ3) is 4.53. The Bertz CT molecular complexity index is 348. The summed E-state index contributed by atoms with van der Waals surface area (Å²) in [4.78, 5) is 4.02. The second kappa shape index (κ2) is 4.02. The summed E-state index contributed by atoms with van der Waals surface area (Å²) in [5, 5.41) is 0. The van der Waals surface area contributed by atoms with E-state index in [1.807, 2.05) is 29.2 Å². The highest BCUT2D eigenvalue weighted by atomic mass is 32.2. The molecule has 5 nitrogen and oxygen atoms in total. The molecule has 15 heavy (non-hydrogen) atoms. The second-order valence-electron chi connectivity index (χ2n) is 4.49. The Hall–Kier alpha value is -0.750. The van der Waals surface area contributed by atoms with Crippen molar-refractivity contribution in [2.75, 3.05) is 26.5 Å². The molecule has 0 unspecified atom stereocenters. The molecule has 0 fully saturated rings. The third-order valence-corrected chi connectivity index (χ3v) is 2.65. The van der Waals surface area contributed by atoms with Crippen molar-refractivity contribution in [3.8, 4) is 0 Å². The van der Waals surface area contributed by atoms with E-state index < -0.39 is 15.7 Å². The first-order valence-electron chi connectivity index (χ1n) is 4.71. The molecule has 1 rings (SSSR count). The zero-order valence-electron chi connectivity index (χ0n) is 9.60. The smallest absolute Gasteiger partial charge is 0.264 e. The predicted molar refractivity (Wildman–Crippen MR) is 58.5 cm³/mol. The molecule has 0 aliphatic carbocycles. The summed E-state index contributed by atoms with van der Waals surface area (Å²) >= 11 is 0. The minimum absolute atomic E-state index is 0.543. The SMILES string of the molecule is CN1C=CN(CC(C)(C)OS(C)(=O)=O)C1. The quantitative estimate of drug-likeness (QED) is 0.660. The Balaban J connectivity index is 2.53. The van der Waals surface area contributed by atoms with Crippen molar-refractivity contribution in [1.82, 2.24) is 9.80 Å². The Morgan fingerprint density at radius 3 is 2.40 bits per heavy atom. The second-order valence-corrected chi connectivity index (χ2v) is 6.07. The lowest BCUT2D eigenvalue weighted by Crippen LogP contribution is -2.40. The van der Waals surface area contributed by atoms with Crippen LogP contribution in [0.5, 0.6) is 0 Å². The molecule has 0 radical (unpaired) electrons. The van der Waals surface area contributed by atoms with Gasteiger partial charge in [0.1, 0.15) is 0 Å². The van der Waals surface area contributed by atoms with Crippen molar-refractivity contribution in [3.63, 3.8) is 0 Å². The average molecular weight is 234 g/mol. The Morgan fingerprint density at radius 2 is 2.00 bits per heavy atom. The van der Waals surface area contributed by atoms with Crippen LogP contribution in [0.2, 0.25) is 0 Å². The molecule has 0 amide bonds. The topological polar surface area (TPSA) is 49.9 Å². The fourth-order valence-electron chi connectivity index (χ4n) is 1.62. The summed E-state index contributed by atoms with van der Waals surface area (Å²) in [5.74, 6) is 0. The summed E-state index contributed by atoms with van der Waals surface area (Å²) in [7, 11) is -1.44. The minimum Gasteiger partial charge on any atom is -0.362 e. The van der Waals surface area contributed by atoms with Crippen LogP contribution in [0.4, 0.5) is 0 Å². The standard InChI is InChI=1S/C9H18N2O3S/c1-9(2,14-15(4,12)13)7-11-6-5-10(3)8-11/h5-6H,7-8H2,1-4H3. The first-order chi connectivity index (χ1) is 6.68. The first kappa shape index (κ1) is 12.3. The van der Waals surface area contributed by atoms with Crippen LogP contribution in [0.15, 0.2) is 12.4 Å². The van der Waals surface area contributed by atoms with Gasteiger partial charge in [-0.1, -0.05) is 0 Å². The highest BCUT2D eigenvalue weighted by Crippen LogP contribution is 2.16. The van der Waals surface area contributed by atoms with Crippen LogP contribution < -0.4 is 0 Å². The third-order valence-electron chi connectivity index (χ3n) is 1.90. The summed E-state index contributed by atoms with van der Waals surface area (Å²) in [6.07, 6.45) is 4.94. The molecule has 1 aliphatic heterocycles. The zero-order chi connectivity index (χ0) is 11.7. The highest BCUT2D eigenvalue weighted by molar-refractivity contribution is 7.86. The number of hydrogen-bond acceptors (Lipinski definition) is 5. The largest absolute Gasteiger partial charge is 0.362 e. The van der Waals surface area contributed by atoms with Gasteiger partial charge in [-0.3, -0.25) is 4.18 Å². The molecule has 0 bridgehead atoms. The van der Waals surface area contributed by atoms with Crippen LogP contribution in [-0.4, -0.2) is 50.3 Å². The van der Waals surface area contributed by atoms with Gasteiger partial charge in [0.05, 0.1) is 18.5 Å². The van der Waals surface area contributed by atoms with E-state index in [9.17, 15) is 8.42 Å². The van der Waals surface area contributed by atoms with Crippen molar-refractivity contribution < 1.29 is 12.6 Å². The molecule has 0 aromatic carbocycles. The van der Waals surface area contributed by atoms with Crippen molar-refractivity contribution in [3.05, 3.63) is 12.4 Å². The molecule has 0 saturated heterocycles. The molecule has 1 heterocycles. The lowest BCUT2D eigenvalue weighted by Gasteiger charge is -2.29. The maximum atomic E-state index is 11.0. The van der Waals surface area contributed by atoms with Gasteiger partial charge in [0.2, 0.25) is 0 Å². The van der Waals surface area contributed by atoms with Gasteiger partial charge < -0.3 is 9.80 Å². The molecule has 0 saturated carbocycles. The van der Waals surface area contributed by atoms with Gasteiger partial charge in [0, 0.05) is 26.0 Å². The van der Waals surface area contributed by atoms with Gasteiger partial charge in [-0.2, -0.15) is 8.42 Å². The lowest BCUT2D eigenvalue weighted by molar-refractivity contribution is 0.0791. The first-order valence-corrected chi connectivity index (χ1v) is 6.53. The minimum atomic E-state index is -3.40. The summed E-state index contributed by atoms with van der Waals surface area (Å²) in [6, 6.07) is 0. The molecule has 0 aromatic heterocycles. The molecule has 0 aromatic rings. The van der Waals surface area contributed by atoms with Gasteiger partial charge >= 0.3 is 0 Å². The van der Waals surface area contributed by atoms with E-state index in [0.717, 1.165) is 12.9 Å². The summed E-state index contributed by atoms with van der Waals surface area (Å²) in [6.45, 7) is 4.83. The van der Waals surface area contributed by atoms with Crippen molar-refractivity contribution in [2.24, 2.45) is 0 Å². The molecule has 0 N–H and O–H groups in total. The maximum Gasteiger partial charge on any atom is 0.264 e. The molecule has 0 spiro atoms. The molecular weight excluding hydrogens is 216 g/mol. The van der Waals surface area contributed by atoms with Crippen LogP contribution in [0, 0.1) is 0 Å².